The van der Waals surface area contributed by atoms with E-state index in [1.165, 1.54) is 0 Å². The van der Waals surface area contributed by atoms with Crippen LogP contribution in [0.15, 0.2) is 0 Å². The van der Waals surface area contributed by atoms with Crippen molar-refractivity contribution in [1.82, 2.24) is 4.90 Å². The van der Waals surface area contributed by atoms with Gasteiger partial charge in [-0.25, -0.2) is 0 Å². The molecule has 0 aromatic rings. The maximum atomic E-state index is 10.8. The van der Waals surface area contributed by atoms with Crippen LogP contribution < -0.4 is 0 Å². The minimum Gasteiger partial charge on any atom is -0.480 e. The molecule has 0 radical (unpaired) electrons. The fourth-order valence-corrected chi connectivity index (χ4v) is 1.71. The Balaban J connectivity index is 4.46. The van der Waals surface area contributed by atoms with Gasteiger partial charge in [-0.1, -0.05) is 13.8 Å². The summed E-state index contributed by atoms with van der Waals surface area (Å²) in [5, 5.41) is 17.8. The number of carbonyl (C=O) groups is 1. The number of aliphatic carboxylic acids is 1. The molecule has 0 amide bonds. The Hall–Kier alpha value is -0.610. The first-order valence-electron chi connectivity index (χ1n) is 5.17. The fourth-order valence-electron chi connectivity index (χ4n) is 1.71. The zero-order valence-electron chi connectivity index (χ0n) is 9.23. The number of hydrogen-bond acceptors (Lipinski definition) is 3. The summed E-state index contributed by atoms with van der Waals surface area (Å²) in [5.41, 5.74) is 0. The first-order chi connectivity index (χ1) is 6.58. The molecule has 0 saturated heterocycles. The summed E-state index contributed by atoms with van der Waals surface area (Å²) in [6, 6.07) is -0.278. The topological polar surface area (TPSA) is 60.8 Å². The van der Waals surface area contributed by atoms with Gasteiger partial charge in [0.2, 0.25) is 0 Å². The lowest BCUT2D eigenvalue weighted by Crippen LogP contribution is -2.46. The molecule has 0 spiro atoms. The van der Waals surface area contributed by atoms with Gasteiger partial charge in [-0.3, -0.25) is 9.69 Å². The average molecular weight is 203 g/mol. The Morgan fingerprint density at radius 1 is 1.36 bits per heavy atom. The van der Waals surface area contributed by atoms with Gasteiger partial charge in [0, 0.05) is 12.6 Å². The third-order valence-corrected chi connectivity index (χ3v) is 2.62. The Bertz CT molecular complexity index is 169. The van der Waals surface area contributed by atoms with Crippen molar-refractivity contribution in [3.8, 4) is 0 Å². The molecule has 0 aliphatic heterocycles. The van der Waals surface area contributed by atoms with Crippen molar-refractivity contribution in [2.24, 2.45) is 0 Å². The maximum absolute atomic E-state index is 10.8. The Morgan fingerprint density at radius 3 is 2.14 bits per heavy atom. The smallest absolute Gasteiger partial charge is 0.320 e. The Morgan fingerprint density at radius 2 is 1.86 bits per heavy atom. The number of rotatable bonds is 7. The largest absolute Gasteiger partial charge is 0.480 e. The van der Waals surface area contributed by atoms with Crippen LogP contribution in [-0.2, 0) is 4.79 Å². The molecule has 0 aromatic carbocycles. The molecule has 0 aliphatic rings. The third kappa shape index (κ3) is 3.64. The van der Waals surface area contributed by atoms with Crippen LogP contribution in [0.1, 0.15) is 33.6 Å². The first-order valence-corrected chi connectivity index (χ1v) is 5.17. The maximum Gasteiger partial charge on any atom is 0.320 e. The average Bonchev–Trinajstić information content (AvgIpc) is 2.17. The van der Waals surface area contributed by atoms with E-state index in [1.807, 2.05) is 18.7 Å². The highest BCUT2D eigenvalue weighted by Gasteiger charge is 2.25. The second-order valence-electron chi connectivity index (χ2n) is 3.45. The molecule has 0 bridgehead atoms. The minimum absolute atomic E-state index is 0.00806. The number of carboxylic acid groups (broad SMARTS) is 1. The zero-order chi connectivity index (χ0) is 11.1. The van der Waals surface area contributed by atoms with Gasteiger partial charge in [0.05, 0.1) is 6.61 Å². The summed E-state index contributed by atoms with van der Waals surface area (Å²) >= 11 is 0. The zero-order valence-corrected chi connectivity index (χ0v) is 9.23. The van der Waals surface area contributed by atoms with Crippen LogP contribution in [0.25, 0.3) is 0 Å². The van der Waals surface area contributed by atoms with Crippen LogP contribution in [0.2, 0.25) is 0 Å². The van der Waals surface area contributed by atoms with Crippen LogP contribution >= 0.6 is 0 Å². The molecule has 4 nitrogen and oxygen atoms in total. The van der Waals surface area contributed by atoms with Gasteiger partial charge in [-0.15, -0.1) is 0 Å². The third-order valence-electron chi connectivity index (χ3n) is 2.62. The number of aliphatic hydroxyl groups is 1. The molecule has 0 fully saturated rings. The fraction of sp³-hybridized carbons (Fsp3) is 0.900. The van der Waals surface area contributed by atoms with Crippen molar-refractivity contribution in [3.63, 3.8) is 0 Å². The van der Waals surface area contributed by atoms with E-state index in [9.17, 15) is 4.79 Å². The first kappa shape index (κ1) is 13.4. The molecule has 0 heterocycles. The highest BCUT2D eigenvalue weighted by Crippen LogP contribution is 2.12. The molecule has 84 valence electrons. The van der Waals surface area contributed by atoms with E-state index < -0.39 is 12.0 Å². The summed E-state index contributed by atoms with van der Waals surface area (Å²) < 4.78 is 0. The van der Waals surface area contributed by atoms with E-state index in [4.69, 9.17) is 10.2 Å². The number of aliphatic hydroxyl groups excluding tert-OH is 1. The van der Waals surface area contributed by atoms with Gasteiger partial charge in [0.1, 0.15) is 6.04 Å². The lowest BCUT2D eigenvalue weighted by Gasteiger charge is -2.32. The van der Waals surface area contributed by atoms with Gasteiger partial charge in [0.25, 0.3) is 0 Å². The van der Waals surface area contributed by atoms with Crippen LogP contribution in [0, 0.1) is 0 Å². The van der Waals surface area contributed by atoms with Crippen LogP contribution in [0.5, 0.6) is 0 Å². The van der Waals surface area contributed by atoms with Gasteiger partial charge in [-0.05, 0) is 19.8 Å². The highest BCUT2D eigenvalue weighted by molar-refractivity contribution is 5.72. The van der Waals surface area contributed by atoms with Crippen molar-refractivity contribution in [1.29, 1.82) is 0 Å². The molecular formula is C10H21NO3. The molecule has 0 aromatic heterocycles. The van der Waals surface area contributed by atoms with E-state index in [0.29, 0.717) is 6.54 Å². The number of nitrogens with zero attached hydrogens (tertiary/aromatic N) is 1. The predicted octanol–water partition coefficient (Wildman–Crippen LogP) is 0.942. The van der Waals surface area contributed by atoms with E-state index in [1.54, 1.807) is 6.92 Å². The quantitative estimate of drug-likeness (QED) is 0.646. The molecule has 2 N–H and O–H groups in total. The van der Waals surface area contributed by atoms with E-state index in [2.05, 4.69) is 0 Å². The van der Waals surface area contributed by atoms with Crippen molar-refractivity contribution in [3.05, 3.63) is 0 Å². The van der Waals surface area contributed by atoms with Crippen LogP contribution in [0.4, 0.5) is 0 Å². The summed E-state index contributed by atoms with van der Waals surface area (Å²) in [6.07, 6.45) is 1.82. The summed E-state index contributed by atoms with van der Waals surface area (Å²) in [7, 11) is 0. The molecule has 1 unspecified atom stereocenters. The summed E-state index contributed by atoms with van der Waals surface area (Å²) in [4.78, 5) is 12.7. The second-order valence-corrected chi connectivity index (χ2v) is 3.45. The molecule has 14 heavy (non-hydrogen) atoms. The predicted molar refractivity (Wildman–Crippen MR) is 55.3 cm³/mol. The van der Waals surface area contributed by atoms with Crippen LogP contribution in [0.3, 0.4) is 0 Å². The van der Waals surface area contributed by atoms with Crippen molar-refractivity contribution >= 4 is 5.97 Å². The van der Waals surface area contributed by atoms with E-state index in [0.717, 1.165) is 12.8 Å². The molecule has 0 aliphatic carbocycles. The van der Waals surface area contributed by atoms with Gasteiger partial charge in [0.15, 0.2) is 0 Å². The van der Waals surface area contributed by atoms with Gasteiger partial charge >= 0.3 is 5.97 Å². The molecular weight excluding hydrogens is 182 g/mol. The van der Waals surface area contributed by atoms with Crippen molar-refractivity contribution in [2.45, 2.75) is 45.7 Å². The lowest BCUT2D eigenvalue weighted by atomic mass is 10.1. The molecule has 0 rings (SSSR count). The van der Waals surface area contributed by atoms with Crippen molar-refractivity contribution in [2.75, 3.05) is 13.2 Å². The second kappa shape index (κ2) is 6.79. The number of hydrogen-bond donors (Lipinski definition) is 2. The van der Waals surface area contributed by atoms with Gasteiger partial charge in [-0.2, -0.15) is 0 Å². The summed E-state index contributed by atoms with van der Waals surface area (Å²) in [5.74, 6) is -0.828. The normalized spacial score (nSPS) is 13.6. The molecule has 4 heteroatoms. The molecule has 1 atom stereocenters. The van der Waals surface area contributed by atoms with E-state index in [-0.39, 0.29) is 12.6 Å². The molecule has 0 saturated carbocycles. The monoisotopic (exact) mass is 203 g/mol. The lowest BCUT2D eigenvalue weighted by molar-refractivity contribution is -0.143. The highest BCUT2D eigenvalue weighted by atomic mass is 16.4. The number of carboxylic acids is 1. The SMILES string of the molecule is CCC(CC)N(CCO)C(C)C(=O)O. The van der Waals surface area contributed by atoms with Crippen molar-refractivity contribution < 1.29 is 15.0 Å². The van der Waals surface area contributed by atoms with Gasteiger partial charge < -0.3 is 10.2 Å². The Kier molecular flexibility index (Phi) is 6.49. The standard InChI is InChI=1S/C10H21NO3/c1-4-9(5-2)11(6-7-12)8(3)10(13)14/h8-9,12H,4-7H2,1-3H3,(H,13,14). The minimum atomic E-state index is -0.828. The van der Waals surface area contributed by atoms with Crippen LogP contribution in [-0.4, -0.2) is 46.3 Å². The summed E-state index contributed by atoms with van der Waals surface area (Å²) in [6.45, 7) is 6.17. The van der Waals surface area contributed by atoms with E-state index >= 15 is 0 Å². The Labute approximate surface area is 85.5 Å².